The van der Waals surface area contributed by atoms with Crippen molar-refractivity contribution in [1.29, 1.82) is 0 Å². The van der Waals surface area contributed by atoms with Crippen molar-refractivity contribution in [3.63, 3.8) is 0 Å². The van der Waals surface area contributed by atoms with Gasteiger partial charge in [0.15, 0.2) is 0 Å². The highest BCUT2D eigenvalue weighted by atomic mass is 16.3. The lowest BCUT2D eigenvalue weighted by Crippen LogP contribution is -2.36. The van der Waals surface area contributed by atoms with E-state index >= 15 is 0 Å². The molecule has 0 fully saturated rings. The van der Waals surface area contributed by atoms with Crippen LogP contribution < -0.4 is 5.32 Å². The van der Waals surface area contributed by atoms with Gasteiger partial charge in [-0.3, -0.25) is 4.79 Å². The van der Waals surface area contributed by atoms with E-state index in [4.69, 9.17) is 5.11 Å². The lowest BCUT2D eigenvalue weighted by atomic mass is 9.95. The van der Waals surface area contributed by atoms with E-state index in [0.29, 0.717) is 12.2 Å². The van der Waals surface area contributed by atoms with E-state index in [0.717, 1.165) is 10.9 Å². The third kappa shape index (κ3) is 3.29. The Kier molecular flexibility index (Phi) is 3.81. The van der Waals surface area contributed by atoms with Crippen LogP contribution in [0.15, 0.2) is 36.4 Å². The second-order valence-corrected chi connectivity index (χ2v) is 5.39. The smallest absolute Gasteiger partial charge is 0.269 e. The fourth-order valence-corrected chi connectivity index (χ4v) is 1.66. The summed E-state index contributed by atoms with van der Waals surface area (Å²) in [7, 11) is 0. The number of para-hydroxylation sites is 1. The van der Waals surface area contributed by atoms with Crippen molar-refractivity contribution < 1.29 is 9.90 Å². The molecular weight excluding hydrogens is 240 g/mol. The van der Waals surface area contributed by atoms with Gasteiger partial charge in [-0.15, -0.1) is 0 Å². The summed E-state index contributed by atoms with van der Waals surface area (Å²) >= 11 is 0. The molecule has 1 aromatic heterocycles. The number of hydrogen-bond donors (Lipinski definition) is 2. The second-order valence-electron chi connectivity index (χ2n) is 5.39. The van der Waals surface area contributed by atoms with E-state index in [1.807, 2.05) is 44.2 Å². The normalized spacial score (nSPS) is 11.5. The molecule has 19 heavy (non-hydrogen) atoms. The van der Waals surface area contributed by atoms with Gasteiger partial charge in [0.1, 0.15) is 5.69 Å². The molecule has 0 saturated carbocycles. The predicted octanol–water partition coefficient (Wildman–Crippen LogP) is 1.98. The average Bonchev–Trinajstić information content (AvgIpc) is 2.44. The molecule has 0 bridgehead atoms. The number of aliphatic hydroxyl groups excluding tert-OH is 1. The zero-order valence-corrected chi connectivity index (χ0v) is 11.2. The van der Waals surface area contributed by atoms with Crippen molar-refractivity contribution in [2.75, 3.05) is 13.2 Å². The molecule has 1 aromatic carbocycles. The summed E-state index contributed by atoms with van der Waals surface area (Å²) in [5.74, 6) is -0.215. The van der Waals surface area contributed by atoms with Gasteiger partial charge in [-0.2, -0.15) is 0 Å². The highest BCUT2D eigenvalue weighted by Crippen LogP contribution is 2.13. The maximum Gasteiger partial charge on any atom is 0.269 e. The van der Waals surface area contributed by atoms with Crippen molar-refractivity contribution in [2.45, 2.75) is 13.8 Å². The average molecular weight is 258 g/mol. The number of aliphatic hydroxyl groups is 1. The van der Waals surface area contributed by atoms with Gasteiger partial charge < -0.3 is 10.4 Å². The molecule has 1 amide bonds. The first-order valence-electron chi connectivity index (χ1n) is 6.27. The molecule has 4 nitrogen and oxygen atoms in total. The Labute approximate surface area is 112 Å². The Bertz CT molecular complexity index is 593. The third-order valence-corrected chi connectivity index (χ3v) is 2.99. The van der Waals surface area contributed by atoms with E-state index in [-0.39, 0.29) is 17.9 Å². The third-order valence-electron chi connectivity index (χ3n) is 2.99. The second kappa shape index (κ2) is 5.36. The van der Waals surface area contributed by atoms with Gasteiger partial charge in [-0.1, -0.05) is 38.1 Å². The Balaban J connectivity index is 2.13. The summed E-state index contributed by atoms with van der Waals surface area (Å²) in [6.07, 6.45) is 0. The molecule has 1 heterocycles. The zero-order chi connectivity index (χ0) is 13.9. The first kappa shape index (κ1) is 13.5. The summed E-state index contributed by atoms with van der Waals surface area (Å²) < 4.78 is 0. The largest absolute Gasteiger partial charge is 0.396 e. The lowest BCUT2D eigenvalue weighted by molar-refractivity contribution is 0.0906. The number of hydrogen-bond acceptors (Lipinski definition) is 3. The molecule has 2 N–H and O–H groups in total. The Morgan fingerprint density at radius 1 is 1.26 bits per heavy atom. The standard InChI is InChI=1S/C15H18N2O2/c1-15(2,10-18)9-16-14(19)13-8-7-11-5-3-4-6-12(11)17-13/h3-8,18H,9-10H2,1-2H3,(H,16,19). The number of rotatable bonds is 4. The SMILES string of the molecule is CC(C)(CO)CNC(=O)c1ccc2ccccc2n1. The van der Waals surface area contributed by atoms with Gasteiger partial charge in [0.2, 0.25) is 0 Å². The van der Waals surface area contributed by atoms with Crippen LogP contribution in [-0.2, 0) is 0 Å². The van der Waals surface area contributed by atoms with Gasteiger partial charge in [-0.05, 0) is 12.1 Å². The van der Waals surface area contributed by atoms with Crippen molar-refractivity contribution in [1.82, 2.24) is 10.3 Å². The van der Waals surface area contributed by atoms with Crippen molar-refractivity contribution in [3.05, 3.63) is 42.1 Å². The maximum atomic E-state index is 12.0. The molecule has 0 aliphatic carbocycles. The number of pyridine rings is 1. The predicted molar refractivity (Wildman–Crippen MR) is 74.9 cm³/mol. The van der Waals surface area contributed by atoms with Crippen LogP contribution in [0.1, 0.15) is 24.3 Å². The summed E-state index contributed by atoms with van der Waals surface area (Å²) in [6.45, 7) is 4.22. The van der Waals surface area contributed by atoms with Crippen LogP contribution in [0, 0.1) is 5.41 Å². The molecule has 2 aromatic rings. The quantitative estimate of drug-likeness (QED) is 0.881. The van der Waals surface area contributed by atoms with Crippen LogP contribution in [-0.4, -0.2) is 29.1 Å². The molecule has 0 radical (unpaired) electrons. The molecular formula is C15H18N2O2. The highest BCUT2D eigenvalue weighted by Gasteiger charge is 2.18. The van der Waals surface area contributed by atoms with E-state index in [1.54, 1.807) is 6.07 Å². The molecule has 4 heteroatoms. The van der Waals surface area contributed by atoms with Crippen LogP contribution in [0.3, 0.4) is 0 Å². The number of nitrogens with zero attached hydrogens (tertiary/aromatic N) is 1. The van der Waals surface area contributed by atoms with E-state index in [2.05, 4.69) is 10.3 Å². The van der Waals surface area contributed by atoms with Crippen molar-refractivity contribution >= 4 is 16.8 Å². The number of carbonyl (C=O) groups is 1. The number of aromatic nitrogens is 1. The molecule has 100 valence electrons. The van der Waals surface area contributed by atoms with Gasteiger partial charge in [0.25, 0.3) is 5.91 Å². The fourth-order valence-electron chi connectivity index (χ4n) is 1.66. The first-order valence-corrected chi connectivity index (χ1v) is 6.27. The Morgan fingerprint density at radius 2 is 2.00 bits per heavy atom. The lowest BCUT2D eigenvalue weighted by Gasteiger charge is -2.21. The van der Waals surface area contributed by atoms with Crippen molar-refractivity contribution in [3.8, 4) is 0 Å². The van der Waals surface area contributed by atoms with E-state index in [1.165, 1.54) is 0 Å². The Hall–Kier alpha value is -1.94. The molecule has 0 aliphatic heterocycles. The summed E-state index contributed by atoms with van der Waals surface area (Å²) in [4.78, 5) is 16.3. The summed E-state index contributed by atoms with van der Waals surface area (Å²) in [5, 5.41) is 13.0. The number of fused-ring (bicyclic) bond motifs is 1. The topological polar surface area (TPSA) is 62.2 Å². The van der Waals surface area contributed by atoms with E-state index in [9.17, 15) is 4.79 Å². The minimum atomic E-state index is -0.327. The van der Waals surface area contributed by atoms with Gasteiger partial charge in [0.05, 0.1) is 5.52 Å². The van der Waals surface area contributed by atoms with Gasteiger partial charge in [-0.25, -0.2) is 4.98 Å². The zero-order valence-electron chi connectivity index (χ0n) is 11.2. The van der Waals surface area contributed by atoms with E-state index < -0.39 is 0 Å². The van der Waals surface area contributed by atoms with Crippen LogP contribution in [0.2, 0.25) is 0 Å². The van der Waals surface area contributed by atoms with Gasteiger partial charge in [0, 0.05) is 24.0 Å². The minimum Gasteiger partial charge on any atom is -0.396 e. The number of amides is 1. The summed E-state index contributed by atoms with van der Waals surface area (Å²) in [6, 6.07) is 11.3. The number of carbonyl (C=O) groups excluding carboxylic acids is 1. The molecule has 0 saturated heterocycles. The van der Waals surface area contributed by atoms with Crippen LogP contribution in [0.25, 0.3) is 10.9 Å². The first-order chi connectivity index (χ1) is 9.02. The Morgan fingerprint density at radius 3 is 2.74 bits per heavy atom. The number of nitrogens with one attached hydrogen (secondary N) is 1. The minimum absolute atomic E-state index is 0.0262. The monoisotopic (exact) mass is 258 g/mol. The molecule has 0 atom stereocenters. The fraction of sp³-hybridized carbons (Fsp3) is 0.333. The molecule has 0 unspecified atom stereocenters. The number of benzene rings is 1. The maximum absolute atomic E-state index is 12.0. The summed E-state index contributed by atoms with van der Waals surface area (Å²) in [5.41, 5.74) is 0.871. The van der Waals surface area contributed by atoms with Gasteiger partial charge >= 0.3 is 0 Å². The van der Waals surface area contributed by atoms with Crippen LogP contribution >= 0.6 is 0 Å². The van der Waals surface area contributed by atoms with Crippen molar-refractivity contribution in [2.24, 2.45) is 5.41 Å². The molecule has 2 rings (SSSR count). The molecule has 0 aliphatic rings. The van der Waals surface area contributed by atoms with Crippen LogP contribution in [0.5, 0.6) is 0 Å². The highest BCUT2D eigenvalue weighted by molar-refractivity contribution is 5.94. The molecule has 0 spiro atoms. The van der Waals surface area contributed by atoms with Crippen LogP contribution in [0.4, 0.5) is 0 Å².